The molecule has 2 aromatic heterocycles. The molecule has 2 heterocycles. The van der Waals surface area contributed by atoms with Gasteiger partial charge in [0.1, 0.15) is 0 Å². The molecule has 0 spiro atoms. The van der Waals surface area contributed by atoms with Crippen LogP contribution < -0.4 is 5.32 Å². The average molecular weight is 381 g/mol. The standard InChI is InChI=1S/C9H7Br2N3O2S/c10-5-3-6(17-8(5)11)9(15)12-2-1-7-13-4-14-16-7/h3-4H,1-2H2,(H,12,15). The van der Waals surface area contributed by atoms with Crippen LogP contribution in [0, 0.1) is 0 Å². The third-order valence-corrected chi connectivity index (χ3v) is 5.16. The van der Waals surface area contributed by atoms with Crippen molar-refractivity contribution in [2.45, 2.75) is 6.42 Å². The molecule has 5 nitrogen and oxygen atoms in total. The van der Waals surface area contributed by atoms with Crippen molar-refractivity contribution < 1.29 is 9.32 Å². The van der Waals surface area contributed by atoms with E-state index < -0.39 is 0 Å². The Bertz CT molecular complexity index is 493. The van der Waals surface area contributed by atoms with E-state index in [-0.39, 0.29) is 5.91 Å². The zero-order valence-corrected chi connectivity index (χ0v) is 12.4. The van der Waals surface area contributed by atoms with E-state index in [1.807, 2.05) is 0 Å². The number of thiophene rings is 1. The summed E-state index contributed by atoms with van der Waals surface area (Å²) in [7, 11) is 0. The summed E-state index contributed by atoms with van der Waals surface area (Å²) in [5, 5.41) is 6.26. The van der Waals surface area contributed by atoms with Crippen molar-refractivity contribution in [3.63, 3.8) is 0 Å². The summed E-state index contributed by atoms with van der Waals surface area (Å²) in [5.74, 6) is 0.403. The van der Waals surface area contributed by atoms with Gasteiger partial charge in [0.25, 0.3) is 5.91 Å². The normalized spacial score (nSPS) is 10.5. The molecule has 0 unspecified atom stereocenters. The van der Waals surface area contributed by atoms with Gasteiger partial charge in [-0.15, -0.1) is 11.3 Å². The van der Waals surface area contributed by atoms with Crippen molar-refractivity contribution in [3.05, 3.63) is 31.4 Å². The molecule has 0 aliphatic carbocycles. The SMILES string of the molecule is O=C(NCCc1ncno1)c1cc(Br)c(Br)s1. The maximum atomic E-state index is 11.7. The van der Waals surface area contributed by atoms with Gasteiger partial charge in [0, 0.05) is 17.4 Å². The number of carbonyl (C=O) groups is 1. The predicted octanol–water partition coefficient (Wildman–Crippen LogP) is 2.63. The van der Waals surface area contributed by atoms with Gasteiger partial charge in [0.05, 0.1) is 8.66 Å². The molecule has 0 radical (unpaired) electrons. The van der Waals surface area contributed by atoms with E-state index in [0.29, 0.717) is 23.7 Å². The van der Waals surface area contributed by atoms with Crippen LogP contribution in [0.4, 0.5) is 0 Å². The fourth-order valence-electron chi connectivity index (χ4n) is 1.13. The van der Waals surface area contributed by atoms with Gasteiger partial charge in [-0.3, -0.25) is 4.79 Å². The highest BCUT2D eigenvalue weighted by Crippen LogP contribution is 2.32. The van der Waals surface area contributed by atoms with Gasteiger partial charge in [0.2, 0.25) is 5.89 Å². The Labute approximate surface area is 118 Å². The minimum absolute atomic E-state index is 0.110. The van der Waals surface area contributed by atoms with E-state index in [4.69, 9.17) is 4.52 Å². The molecule has 0 atom stereocenters. The van der Waals surface area contributed by atoms with Gasteiger partial charge in [0.15, 0.2) is 6.33 Å². The maximum Gasteiger partial charge on any atom is 0.261 e. The van der Waals surface area contributed by atoms with Gasteiger partial charge in [-0.05, 0) is 37.9 Å². The molecule has 2 rings (SSSR count). The zero-order chi connectivity index (χ0) is 12.3. The minimum atomic E-state index is -0.110. The van der Waals surface area contributed by atoms with Gasteiger partial charge in [-0.2, -0.15) is 4.98 Å². The van der Waals surface area contributed by atoms with Gasteiger partial charge in [-0.25, -0.2) is 0 Å². The highest BCUT2D eigenvalue weighted by atomic mass is 79.9. The van der Waals surface area contributed by atoms with Crippen LogP contribution in [0.2, 0.25) is 0 Å². The fourth-order valence-corrected chi connectivity index (χ4v) is 3.09. The van der Waals surface area contributed by atoms with E-state index in [2.05, 4.69) is 47.3 Å². The van der Waals surface area contributed by atoms with Crippen molar-refractivity contribution in [1.29, 1.82) is 0 Å². The van der Waals surface area contributed by atoms with E-state index in [0.717, 1.165) is 8.26 Å². The number of aromatic nitrogens is 2. The number of hydrogen-bond donors (Lipinski definition) is 1. The van der Waals surface area contributed by atoms with Crippen LogP contribution in [0.3, 0.4) is 0 Å². The topological polar surface area (TPSA) is 68.0 Å². The molecule has 0 saturated heterocycles. The minimum Gasteiger partial charge on any atom is -0.351 e. The lowest BCUT2D eigenvalue weighted by Crippen LogP contribution is -2.24. The Hall–Kier alpha value is -0.730. The van der Waals surface area contributed by atoms with Crippen molar-refractivity contribution in [2.75, 3.05) is 6.54 Å². The molecule has 0 aliphatic heterocycles. The number of amides is 1. The molecule has 0 aliphatic rings. The molecule has 8 heteroatoms. The number of hydrogen-bond acceptors (Lipinski definition) is 5. The summed E-state index contributed by atoms with van der Waals surface area (Å²) in [6.45, 7) is 0.466. The predicted molar refractivity (Wildman–Crippen MR) is 70.1 cm³/mol. The molecule has 0 fully saturated rings. The van der Waals surface area contributed by atoms with Crippen LogP contribution in [0.1, 0.15) is 15.6 Å². The molecule has 17 heavy (non-hydrogen) atoms. The first-order chi connectivity index (χ1) is 8.16. The second-order valence-electron chi connectivity index (χ2n) is 3.07. The summed E-state index contributed by atoms with van der Waals surface area (Å²) in [6, 6.07) is 1.77. The van der Waals surface area contributed by atoms with E-state index in [9.17, 15) is 4.79 Å². The van der Waals surface area contributed by atoms with Crippen LogP contribution >= 0.6 is 43.2 Å². The molecule has 90 valence electrons. The zero-order valence-electron chi connectivity index (χ0n) is 8.44. The molecule has 2 aromatic rings. The lowest BCUT2D eigenvalue weighted by Gasteiger charge is -2.00. The number of nitrogens with one attached hydrogen (secondary N) is 1. The Balaban J connectivity index is 1.85. The number of halogens is 2. The number of carbonyl (C=O) groups excluding carboxylic acids is 1. The van der Waals surface area contributed by atoms with E-state index >= 15 is 0 Å². The molecular formula is C9H7Br2N3O2S. The van der Waals surface area contributed by atoms with Crippen molar-refractivity contribution >= 4 is 49.1 Å². The lowest BCUT2D eigenvalue weighted by molar-refractivity contribution is 0.0957. The molecule has 1 N–H and O–H groups in total. The van der Waals surface area contributed by atoms with Gasteiger partial charge >= 0.3 is 0 Å². The van der Waals surface area contributed by atoms with Gasteiger partial charge < -0.3 is 9.84 Å². The summed E-state index contributed by atoms with van der Waals surface area (Å²) >= 11 is 8.05. The van der Waals surface area contributed by atoms with Gasteiger partial charge in [-0.1, -0.05) is 5.16 Å². The Kier molecular flexibility index (Phi) is 4.30. The first-order valence-electron chi connectivity index (χ1n) is 4.65. The highest BCUT2D eigenvalue weighted by molar-refractivity contribution is 9.13. The summed E-state index contributed by atoms with van der Waals surface area (Å²) in [5.41, 5.74) is 0. The third-order valence-electron chi connectivity index (χ3n) is 1.90. The summed E-state index contributed by atoms with van der Waals surface area (Å²) < 4.78 is 6.60. The van der Waals surface area contributed by atoms with Crippen molar-refractivity contribution in [3.8, 4) is 0 Å². The summed E-state index contributed by atoms with van der Waals surface area (Å²) in [6.07, 6.45) is 1.87. The number of rotatable bonds is 4. The molecular weight excluding hydrogens is 374 g/mol. The smallest absolute Gasteiger partial charge is 0.261 e. The van der Waals surface area contributed by atoms with E-state index in [1.165, 1.54) is 17.7 Å². The average Bonchev–Trinajstić information content (AvgIpc) is 2.90. The maximum absolute atomic E-state index is 11.7. The lowest BCUT2D eigenvalue weighted by atomic mass is 10.4. The third kappa shape index (κ3) is 3.36. The fraction of sp³-hybridized carbons (Fsp3) is 0.222. The molecule has 1 amide bonds. The monoisotopic (exact) mass is 379 g/mol. The quantitative estimate of drug-likeness (QED) is 0.885. The van der Waals surface area contributed by atoms with E-state index in [1.54, 1.807) is 6.07 Å². The molecule has 0 bridgehead atoms. The molecule has 0 aromatic carbocycles. The first kappa shape index (κ1) is 12.7. The van der Waals surface area contributed by atoms with Crippen LogP contribution in [0.25, 0.3) is 0 Å². The summed E-state index contributed by atoms with van der Waals surface area (Å²) in [4.78, 5) is 16.2. The van der Waals surface area contributed by atoms with Crippen molar-refractivity contribution in [2.24, 2.45) is 0 Å². The van der Waals surface area contributed by atoms with Crippen molar-refractivity contribution in [1.82, 2.24) is 15.5 Å². The second kappa shape index (κ2) is 5.74. The number of nitrogens with zero attached hydrogens (tertiary/aromatic N) is 2. The largest absolute Gasteiger partial charge is 0.351 e. The van der Waals surface area contributed by atoms with Crippen LogP contribution in [0.5, 0.6) is 0 Å². The van der Waals surface area contributed by atoms with Crippen LogP contribution in [-0.4, -0.2) is 22.6 Å². The highest BCUT2D eigenvalue weighted by Gasteiger charge is 2.11. The van der Waals surface area contributed by atoms with Crippen LogP contribution in [0.15, 0.2) is 25.2 Å². The Morgan fingerprint density at radius 1 is 1.53 bits per heavy atom. The molecule has 0 saturated carbocycles. The Morgan fingerprint density at radius 2 is 2.35 bits per heavy atom. The Morgan fingerprint density at radius 3 is 2.94 bits per heavy atom. The first-order valence-corrected chi connectivity index (χ1v) is 7.05. The van der Waals surface area contributed by atoms with Crippen LogP contribution in [-0.2, 0) is 6.42 Å². The second-order valence-corrected chi connectivity index (χ2v) is 6.30.